The topological polar surface area (TPSA) is 102 Å². The number of fused-ring (bicyclic) bond motifs is 1. The van der Waals surface area contributed by atoms with E-state index >= 15 is 0 Å². The van der Waals surface area contributed by atoms with Crippen molar-refractivity contribution in [1.82, 2.24) is 20.0 Å². The molecule has 138 valence electrons. The fraction of sp³-hybridized carbons (Fsp3) is 0.263. The second kappa shape index (κ2) is 6.71. The van der Waals surface area contributed by atoms with Crippen molar-refractivity contribution in [2.45, 2.75) is 26.8 Å². The number of carbonyl (C=O) groups is 2. The molecule has 0 unspecified atom stereocenters. The molecule has 0 saturated heterocycles. The monoisotopic (exact) mass is 365 g/mol. The second-order valence-corrected chi connectivity index (χ2v) is 6.55. The van der Waals surface area contributed by atoms with Crippen LogP contribution in [0.4, 0.5) is 5.69 Å². The zero-order valence-electron chi connectivity index (χ0n) is 15.1. The van der Waals surface area contributed by atoms with Gasteiger partial charge in [-0.3, -0.25) is 9.59 Å². The molecule has 8 nitrogen and oxygen atoms in total. The van der Waals surface area contributed by atoms with Gasteiger partial charge in [-0.25, -0.2) is 0 Å². The van der Waals surface area contributed by atoms with E-state index in [1.54, 1.807) is 25.3 Å². The molecule has 4 rings (SSSR count). The maximum absolute atomic E-state index is 12.7. The van der Waals surface area contributed by atoms with E-state index in [1.807, 2.05) is 23.6 Å². The highest BCUT2D eigenvalue weighted by molar-refractivity contribution is 6.06. The van der Waals surface area contributed by atoms with Gasteiger partial charge in [-0.2, -0.15) is 4.98 Å². The summed E-state index contributed by atoms with van der Waals surface area (Å²) in [5.74, 6) is 0.516. The first kappa shape index (κ1) is 17.0. The van der Waals surface area contributed by atoms with E-state index < -0.39 is 0 Å². The molecule has 0 fully saturated rings. The van der Waals surface area contributed by atoms with E-state index in [-0.39, 0.29) is 11.8 Å². The lowest BCUT2D eigenvalue weighted by Gasteiger charge is -2.09. The second-order valence-electron chi connectivity index (χ2n) is 6.55. The molecular formula is C19H19N5O3. The van der Waals surface area contributed by atoms with E-state index in [1.165, 1.54) is 0 Å². The number of amides is 2. The van der Waals surface area contributed by atoms with E-state index in [9.17, 15) is 9.59 Å². The Morgan fingerprint density at radius 3 is 2.93 bits per heavy atom. The predicted molar refractivity (Wildman–Crippen MR) is 98.5 cm³/mol. The molecule has 0 atom stereocenters. The van der Waals surface area contributed by atoms with Gasteiger partial charge in [0.15, 0.2) is 5.82 Å². The molecule has 2 aromatic heterocycles. The Hall–Kier alpha value is -3.42. The molecule has 2 amide bonds. The van der Waals surface area contributed by atoms with Crippen LogP contribution in [0, 0.1) is 13.8 Å². The fourth-order valence-electron chi connectivity index (χ4n) is 3.05. The van der Waals surface area contributed by atoms with Crippen LogP contribution in [-0.2, 0) is 6.54 Å². The average Bonchev–Trinajstić information content (AvgIpc) is 3.23. The van der Waals surface area contributed by atoms with Crippen LogP contribution >= 0.6 is 0 Å². The van der Waals surface area contributed by atoms with Crippen LogP contribution in [0.25, 0.3) is 11.5 Å². The lowest BCUT2D eigenvalue weighted by Crippen LogP contribution is -2.22. The summed E-state index contributed by atoms with van der Waals surface area (Å²) >= 11 is 0. The molecule has 1 aromatic carbocycles. The van der Waals surface area contributed by atoms with E-state index in [0.717, 1.165) is 17.5 Å². The number of hydrogen-bond acceptors (Lipinski definition) is 5. The first-order valence-corrected chi connectivity index (χ1v) is 8.72. The third-order valence-electron chi connectivity index (χ3n) is 4.51. The van der Waals surface area contributed by atoms with Gasteiger partial charge in [-0.05, 0) is 44.0 Å². The Kier molecular flexibility index (Phi) is 4.23. The zero-order chi connectivity index (χ0) is 19.0. The summed E-state index contributed by atoms with van der Waals surface area (Å²) in [6, 6.07) is 7.17. The first-order chi connectivity index (χ1) is 13.0. The van der Waals surface area contributed by atoms with Crippen molar-refractivity contribution in [3.8, 4) is 11.5 Å². The van der Waals surface area contributed by atoms with Gasteiger partial charge in [0, 0.05) is 30.5 Å². The van der Waals surface area contributed by atoms with Crippen LogP contribution in [0.3, 0.4) is 0 Å². The molecule has 0 radical (unpaired) electrons. The van der Waals surface area contributed by atoms with Crippen molar-refractivity contribution in [3.05, 3.63) is 53.1 Å². The van der Waals surface area contributed by atoms with Crippen LogP contribution in [0.2, 0.25) is 0 Å². The smallest absolute Gasteiger partial charge is 0.267 e. The minimum atomic E-state index is -0.273. The number of anilines is 1. The molecule has 0 spiro atoms. The highest BCUT2D eigenvalue weighted by Crippen LogP contribution is 2.25. The molecule has 8 heteroatoms. The minimum absolute atomic E-state index is 0.156. The lowest BCUT2D eigenvalue weighted by atomic mass is 10.1. The number of rotatable bonds is 3. The molecule has 0 aliphatic carbocycles. The van der Waals surface area contributed by atoms with Gasteiger partial charge in [0.1, 0.15) is 5.69 Å². The number of benzene rings is 1. The zero-order valence-corrected chi connectivity index (χ0v) is 15.1. The fourth-order valence-corrected chi connectivity index (χ4v) is 3.05. The Labute approximate surface area is 155 Å². The summed E-state index contributed by atoms with van der Waals surface area (Å²) in [4.78, 5) is 29.0. The molecule has 3 aromatic rings. The van der Waals surface area contributed by atoms with Crippen LogP contribution in [0.5, 0.6) is 0 Å². The SMILES string of the molecule is Cc1noc(-c2ccc(C)c(NC(=O)c3cc4n(c3)CCCNC4=O)c2)n1. The lowest BCUT2D eigenvalue weighted by molar-refractivity contribution is 0.0951. The maximum atomic E-state index is 12.7. The van der Waals surface area contributed by atoms with Crippen molar-refractivity contribution >= 4 is 17.5 Å². The normalized spacial score (nSPS) is 13.6. The summed E-state index contributed by atoms with van der Waals surface area (Å²) < 4.78 is 7.01. The van der Waals surface area contributed by atoms with Crippen LogP contribution < -0.4 is 10.6 Å². The summed E-state index contributed by atoms with van der Waals surface area (Å²) in [6.07, 6.45) is 2.55. The van der Waals surface area contributed by atoms with Crippen molar-refractivity contribution in [2.75, 3.05) is 11.9 Å². The number of hydrogen-bond donors (Lipinski definition) is 2. The summed E-state index contributed by atoms with van der Waals surface area (Å²) in [7, 11) is 0. The van der Waals surface area contributed by atoms with Crippen molar-refractivity contribution < 1.29 is 14.1 Å². The van der Waals surface area contributed by atoms with Gasteiger partial charge in [0.25, 0.3) is 17.7 Å². The highest BCUT2D eigenvalue weighted by Gasteiger charge is 2.20. The number of nitrogens with one attached hydrogen (secondary N) is 2. The summed E-state index contributed by atoms with van der Waals surface area (Å²) in [6.45, 7) is 4.99. The minimum Gasteiger partial charge on any atom is -0.351 e. The van der Waals surface area contributed by atoms with Crippen LogP contribution in [0.1, 0.15) is 38.7 Å². The first-order valence-electron chi connectivity index (χ1n) is 8.72. The van der Waals surface area contributed by atoms with Crippen molar-refractivity contribution in [1.29, 1.82) is 0 Å². The van der Waals surface area contributed by atoms with Gasteiger partial charge in [-0.15, -0.1) is 0 Å². The van der Waals surface area contributed by atoms with Gasteiger partial charge < -0.3 is 19.7 Å². The van der Waals surface area contributed by atoms with Crippen molar-refractivity contribution in [2.24, 2.45) is 0 Å². The molecule has 1 aliphatic heterocycles. The summed E-state index contributed by atoms with van der Waals surface area (Å²) in [5, 5.41) is 9.53. The highest BCUT2D eigenvalue weighted by atomic mass is 16.5. The molecule has 27 heavy (non-hydrogen) atoms. The largest absolute Gasteiger partial charge is 0.351 e. The van der Waals surface area contributed by atoms with E-state index in [4.69, 9.17) is 4.52 Å². The number of carbonyl (C=O) groups excluding carboxylic acids is 2. The van der Waals surface area contributed by atoms with Gasteiger partial charge >= 0.3 is 0 Å². The third-order valence-corrected chi connectivity index (χ3v) is 4.51. The predicted octanol–water partition coefficient (Wildman–Crippen LogP) is 2.54. The van der Waals surface area contributed by atoms with Gasteiger partial charge in [0.05, 0.1) is 5.56 Å². The molecule has 0 bridgehead atoms. The van der Waals surface area contributed by atoms with Crippen LogP contribution in [0.15, 0.2) is 35.0 Å². The number of nitrogens with zero attached hydrogens (tertiary/aromatic N) is 3. The third kappa shape index (κ3) is 3.33. The maximum Gasteiger partial charge on any atom is 0.267 e. The van der Waals surface area contributed by atoms with Crippen molar-refractivity contribution in [3.63, 3.8) is 0 Å². The summed E-state index contributed by atoms with van der Waals surface area (Å²) in [5.41, 5.74) is 3.23. The Morgan fingerprint density at radius 1 is 1.30 bits per heavy atom. The van der Waals surface area contributed by atoms with Gasteiger partial charge in [-0.1, -0.05) is 11.2 Å². The molecule has 1 aliphatic rings. The quantitative estimate of drug-likeness (QED) is 0.743. The number of aryl methyl sites for hydroxylation is 3. The average molecular weight is 365 g/mol. The van der Waals surface area contributed by atoms with E-state index in [0.29, 0.717) is 41.7 Å². The Balaban J connectivity index is 1.60. The molecule has 0 saturated carbocycles. The molecule has 2 N–H and O–H groups in total. The Morgan fingerprint density at radius 2 is 2.15 bits per heavy atom. The standard InChI is InChI=1S/C19H19N5O3/c1-11-4-5-13(19-21-12(2)23-27-19)8-15(11)22-17(25)14-9-16-18(26)20-6-3-7-24(16)10-14/h4-5,8-10H,3,6-7H2,1-2H3,(H,20,26)(H,22,25). The van der Waals surface area contributed by atoms with Crippen LogP contribution in [-0.4, -0.2) is 33.1 Å². The molecule has 3 heterocycles. The molecular weight excluding hydrogens is 346 g/mol. The number of aromatic nitrogens is 3. The van der Waals surface area contributed by atoms with E-state index in [2.05, 4.69) is 20.8 Å². The Bertz CT molecular complexity index is 1030. The van der Waals surface area contributed by atoms with Gasteiger partial charge in [0.2, 0.25) is 0 Å².